The fourth-order valence-corrected chi connectivity index (χ4v) is 4.78. The zero-order chi connectivity index (χ0) is 22.0. The molecule has 30 heavy (non-hydrogen) atoms. The third-order valence-corrected chi connectivity index (χ3v) is 7.05. The van der Waals surface area contributed by atoms with Crippen molar-refractivity contribution in [3.05, 3.63) is 13.8 Å². The van der Waals surface area contributed by atoms with Gasteiger partial charge < -0.3 is 0 Å². The smallest absolute Gasteiger partial charge is 0.0417 e. The molecule has 0 spiro atoms. The van der Waals surface area contributed by atoms with Crippen molar-refractivity contribution in [1.29, 1.82) is 0 Å². The summed E-state index contributed by atoms with van der Waals surface area (Å²) in [5, 5.41) is 0. The highest BCUT2D eigenvalue weighted by molar-refractivity contribution is 4.59. The first-order valence-electron chi connectivity index (χ1n) is 14.4. The van der Waals surface area contributed by atoms with E-state index in [0.717, 1.165) is 18.8 Å². The minimum absolute atomic E-state index is 0.977. The van der Waals surface area contributed by atoms with Gasteiger partial charge in [-0.25, -0.2) is 0 Å². The SMILES string of the molecule is [CH2]CCCCCCCCCCCCCCCCCCCCCCC(CC)CCC[CH2]. The monoisotopic (exact) mass is 420 g/mol. The highest BCUT2D eigenvalue weighted by Crippen LogP contribution is 2.21. The summed E-state index contributed by atoms with van der Waals surface area (Å²) in [5.74, 6) is 0.977. The molecule has 1 unspecified atom stereocenters. The van der Waals surface area contributed by atoms with Crippen LogP contribution < -0.4 is 0 Å². The molecule has 1 atom stereocenters. The van der Waals surface area contributed by atoms with Gasteiger partial charge in [0.15, 0.2) is 0 Å². The molecule has 0 saturated heterocycles. The third kappa shape index (κ3) is 24.3. The second-order valence-corrected chi connectivity index (χ2v) is 9.98. The number of hydrogen-bond acceptors (Lipinski definition) is 0. The lowest BCUT2D eigenvalue weighted by atomic mass is 9.93. The summed E-state index contributed by atoms with van der Waals surface area (Å²) >= 11 is 0. The molecule has 180 valence electrons. The zero-order valence-corrected chi connectivity index (χ0v) is 21.4. The first kappa shape index (κ1) is 30.0. The number of rotatable bonds is 26. The largest absolute Gasteiger partial charge is 0.0651 e. The van der Waals surface area contributed by atoms with Gasteiger partial charge in [-0.1, -0.05) is 188 Å². The lowest BCUT2D eigenvalue weighted by molar-refractivity contribution is 0.402. The summed E-state index contributed by atoms with van der Waals surface area (Å²) in [6, 6.07) is 0. The Kier molecular flexibility index (Phi) is 27.0. The molecule has 0 aromatic heterocycles. The second kappa shape index (κ2) is 27.0. The Morgan fingerprint density at radius 3 is 0.933 bits per heavy atom. The lowest BCUT2D eigenvalue weighted by Crippen LogP contribution is -1.98. The molecule has 2 radical (unpaired) electrons. The Morgan fingerprint density at radius 1 is 0.367 bits per heavy atom. The quantitative estimate of drug-likeness (QED) is 0.122. The highest BCUT2D eigenvalue weighted by atomic mass is 14.1. The second-order valence-electron chi connectivity index (χ2n) is 9.98. The van der Waals surface area contributed by atoms with Crippen LogP contribution in [0.2, 0.25) is 0 Å². The van der Waals surface area contributed by atoms with Crippen LogP contribution >= 0.6 is 0 Å². The average molecular weight is 421 g/mol. The zero-order valence-electron chi connectivity index (χ0n) is 21.4. The summed E-state index contributed by atoms with van der Waals surface area (Å²) < 4.78 is 0. The molecule has 0 aliphatic carbocycles. The van der Waals surface area contributed by atoms with E-state index in [9.17, 15) is 0 Å². The van der Waals surface area contributed by atoms with Crippen LogP contribution in [0, 0.1) is 19.8 Å². The molecule has 0 aliphatic heterocycles. The van der Waals surface area contributed by atoms with Crippen molar-refractivity contribution in [1.82, 2.24) is 0 Å². The van der Waals surface area contributed by atoms with Gasteiger partial charge in [0.2, 0.25) is 0 Å². The van der Waals surface area contributed by atoms with E-state index in [4.69, 9.17) is 0 Å². The maximum absolute atomic E-state index is 3.98. The molecule has 0 bridgehead atoms. The van der Waals surface area contributed by atoms with E-state index in [2.05, 4.69) is 20.8 Å². The van der Waals surface area contributed by atoms with Crippen molar-refractivity contribution in [3.63, 3.8) is 0 Å². The molecule has 0 heteroatoms. The van der Waals surface area contributed by atoms with E-state index in [1.165, 1.54) is 154 Å². The van der Waals surface area contributed by atoms with Gasteiger partial charge in [-0.05, 0) is 5.92 Å². The Labute approximate surface area is 193 Å². The molecule has 0 heterocycles. The number of hydrogen-bond donors (Lipinski definition) is 0. The van der Waals surface area contributed by atoms with E-state index < -0.39 is 0 Å². The van der Waals surface area contributed by atoms with Crippen molar-refractivity contribution < 1.29 is 0 Å². The number of unbranched alkanes of at least 4 members (excludes halogenated alkanes) is 21. The average Bonchev–Trinajstić information content (AvgIpc) is 2.76. The maximum Gasteiger partial charge on any atom is -0.0417 e. The van der Waals surface area contributed by atoms with E-state index in [-0.39, 0.29) is 0 Å². The van der Waals surface area contributed by atoms with Crippen molar-refractivity contribution in [2.45, 2.75) is 174 Å². The van der Waals surface area contributed by atoms with Crippen LogP contribution in [-0.2, 0) is 0 Å². The summed E-state index contributed by atoms with van der Waals surface area (Å²) in [6.45, 7) is 10.3. The molecule has 0 aliphatic rings. The molecule has 0 fully saturated rings. The third-order valence-electron chi connectivity index (χ3n) is 7.05. The standard InChI is InChI=1S/C30H60/c1-4-7-9-10-11-12-13-14-15-16-17-18-19-20-21-22-23-24-25-26-27-29-30(6-3)28-8-5-2/h30H,1-2,4-29H2,3H3. The fraction of sp³-hybridized carbons (Fsp3) is 0.933. The van der Waals surface area contributed by atoms with E-state index >= 15 is 0 Å². The molecule has 0 aromatic rings. The topological polar surface area (TPSA) is 0 Å². The molecule has 0 N–H and O–H groups in total. The molecule has 0 rings (SSSR count). The van der Waals surface area contributed by atoms with Gasteiger partial charge in [0.05, 0.1) is 0 Å². The van der Waals surface area contributed by atoms with Crippen LogP contribution in [0.15, 0.2) is 0 Å². The van der Waals surface area contributed by atoms with Gasteiger partial charge in [0, 0.05) is 0 Å². The Balaban J connectivity index is 3.09. The molecular formula is C30H60. The molecular weight excluding hydrogens is 360 g/mol. The fourth-order valence-electron chi connectivity index (χ4n) is 4.78. The summed E-state index contributed by atoms with van der Waals surface area (Å²) in [7, 11) is 0. The highest BCUT2D eigenvalue weighted by Gasteiger charge is 2.05. The lowest BCUT2D eigenvalue weighted by Gasteiger charge is -2.13. The van der Waals surface area contributed by atoms with Crippen LogP contribution in [0.4, 0.5) is 0 Å². The van der Waals surface area contributed by atoms with Crippen molar-refractivity contribution in [2.75, 3.05) is 0 Å². The normalized spacial score (nSPS) is 12.5. The van der Waals surface area contributed by atoms with Crippen LogP contribution in [0.5, 0.6) is 0 Å². The Morgan fingerprint density at radius 2 is 0.633 bits per heavy atom. The van der Waals surface area contributed by atoms with Crippen molar-refractivity contribution in [3.8, 4) is 0 Å². The first-order valence-corrected chi connectivity index (χ1v) is 14.4. The van der Waals surface area contributed by atoms with Gasteiger partial charge in [-0.3, -0.25) is 0 Å². The maximum atomic E-state index is 3.98. The van der Waals surface area contributed by atoms with Gasteiger partial charge in [-0.15, -0.1) is 0 Å². The molecule has 0 nitrogen and oxygen atoms in total. The van der Waals surface area contributed by atoms with Gasteiger partial charge >= 0.3 is 0 Å². The van der Waals surface area contributed by atoms with Crippen LogP contribution in [0.1, 0.15) is 174 Å². The summed E-state index contributed by atoms with van der Waals surface area (Å²) in [6.07, 6.45) is 37.1. The first-order chi connectivity index (χ1) is 14.8. The van der Waals surface area contributed by atoms with Gasteiger partial charge in [0.1, 0.15) is 0 Å². The van der Waals surface area contributed by atoms with Crippen LogP contribution in [0.3, 0.4) is 0 Å². The predicted octanol–water partition coefficient (Wildman–Crippen LogP) is 11.4. The minimum atomic E-state index is 0.977. The Bertz CT molecular complexity index is 282. The van der Waals surface area contributed by atoms with E-state index in [1.54, 1.807) is 0 Å². The minimum Gasteiger partial charge on any atom is -0.0651 e. The van der Waals surface area contributed by atoms with Gasteiger partial charge in [-0.2, -0.15) is 0 Å². The van der Waals surface area contributed by atoms with Crippen molar-refractivity contribution >= 4 is 0 Å². The molecule has 0 aromatic carbocycles. The summed E-state index contributed by atoms with van der Waals surface area (Å²) in [4.78, 5) is 0. The molecule has 0 saturated carbocycles. The Hall–Kier alpha value is 0. The summed E-state index contributed by atoms with van der Waals surface area (Å²) in [5.41, 5.74) is 0. The van der Waals surface area contributed by atoms with E-state index in [0.29, 0.717) is 0 Å². The van der Waals surface area contributed by atoms with E-state index in [1.807, 2.05) is 0 Å². The molecule has 0 amide bonds. The predicted molar refractivity (Wildman–Crippen MR) is 140 cm³/mol. The van der Waals surface area contributed by atoms with Gasteiger partial charge in [0.25, 0.3) is 0 Å². The van der Waals surface area contributed by atoms with Crippen LogP contribution in [0.25, 0.3) is 0 Å². The van der Waals surface area contributed by atoms with Crippen molar-refractivity contribution in [2.24, 2.45) is 5.92 Å². The van der Waals surface area contributed by atoms with Crippen LogP contribution in [-0.4, -0.2) is 0 Å².